The molecule has 0 radical (unpaired) electrons. The summed E-state index contributed by atoms with van der Waals surface area (Å²) in [5.74, 6) is 2.47. The number of amides is 2. The number of nitrogens with zero attached hydrogens (tertiary/aromatic N) is 4. The fourth-order valence-corrected chi connectivity index (χ4v) is 7.65. The van der Waals surface area contributed by atoms with Gasteiger partial charge < -0.3 is 10.2 Å². The second-order valence-corrected chi connectivity index (χ2v) is 13.0. The van der Waals surface area contributed by atoms with Crippen molar-refractivity contribution in [1.82, 2.24) is 25.2 Å². The maximum Gasteiger partial charge on any atom is 0.253 e. The molecule has 3 aliphatic rings. The largest absolute Gasteiger partial charge is 0.356 e. The lowest BCUT2D eigenvalue weighted by atomic mass is 9.77. The number of thiazole rings is 1. The molecule has 1 N–H and O–H groups in total. The minimum absolute atomic E-state index is 0.0484. The van der Waals surface area contributed by atoms with Gasteiger partial charge in [0.15, 0.2) is 0 Å². The lowest BCUT2D eigenvalue weighted by molar-refractivity contribution is -0.119. The topological polar surface area (TPSA) is 88.1 Å². The molecule has 2 atom stereocenters. The molecule has 0 unspecified atom stereocenters. The maximum absolute atomic E-state index is 13.2. The number of hydrogen-bond acceptors (Lipinski definition) is 7. The summed E-state index contributed by atoms with van der Waals surface area (Å²) in [6.07, 6.45) is 13.9. The van der Waals surface area contributed by atoms with E-state index in [4.69, 9.17) is 4.98 Å². The van der Waals surface area contributed by atoms with Crippen LogP contribution in [0.1, 0.15) is 59.7 Å². The van der Waals surface area contributed by atoms with E-state index in [0.717, 1.165) is 53.2 Å². The molecular weight excluding hydrogens is 502 g/mol. The number of likely N-dealkylation sites (tertiary alicyclic amines) is 1. The molecule has 1 spiro atoms. The van der Waals surface area contributed by atoms with Crippen molar-refractivity contribution in [3.05, 3.63) is 47.0 Å². The maximum atomic E-state index is 13.2. The van der Waals surface area contributed by atoms with Gasteiger partial charge in [0.1, 0.15) is 5.82 Å². The van der Waals surface area contributed by atoms with Crippen molar-refractivity contribution in [3.8, 4) is 0 Å². The van der Waals surface area contributed by atoms with Crippen LogP contribution in [-0.4, -0.2) is 57.6 Å². The normalized spacial score (nSPS) is 23.2. The molecule has 7 nitrogen and oxygen atoms in total. The number of fused-ring (bicyclic) bond motifs is 1. The minimum atomic E-state index is 0.0484. The average molecular weight is 536 g/mol. The summed E-state index contributed by atoms with van der Waals surface area (Å²) in [5, 5.41) is 4.14. The highest BCUT2D eigenvalue weighted by Gasteiger charge is 2.41. The Balaban J connectivity index is 1.05. The number of carbonyl (C=O) groups is 2. The Morgan fingerprint density at radius 1 is 1.16 bits per heavy atom. The third-order valence-corrected chi connectivity index (χ3v) is 10.2. The predicted molar refractivity (Wildman–Crippen MR) is 147 cm³/mol. The van der Waals surface area contributed by atoms with Gasteiger partial charge in [-0.05, 0) is 73.8 Å². The standard InChI is InChI=1S/C28H33N5O2S2/c1-36-21-15-29-24(30-16-21)11-18-2-3-19(10-18)12-26-32-22-13-20(4-5-23(22)37-26)27(35)33-8-6-28(7-9-33)14-25(34)31-17-28/h4-5,13,15-16,18-19H,2-3,6-12,14,17H2,1H3,(H,31,34)/t18-,19-/m0/s1. The zero-order valence-corrected chi connectivity index (χ0v) is 22.9. The van der Waals surface area contributed by atoms with E-state index in [-0.39, 0.29) is 17.2 Å². The Labute approximate surface area is 225 Å². The number of carbonyl (C=O) groups excluding carboxylic acids is 2. The van der Waals surface area contributed by atoms with Crippen LogP contribution >= 0.6 is 23.1 Å². The fourth-order valence-electron chi connectivity index (χ4n) is 6.28. The number of piperidine rings is 1. The Morgan fingerprint density at radius 2 is 1.92 bits per heavy atom. The summed E-state index contributed by atoms with van der Waals surface area (Å²) in [4.78, 5) is 42.0. The summed E-state index contributed by atoms with van der Waals surface area (Å²) in [6, 6.07) is 5.98. The Kier molecular flexibility index (Phi) is 6.92. The molecule has 3 aromatic rings. The van der Waals surface area contributed by atoms with E-state index >= 15 is 0 Å². The van der Waals surface area contributed by atoms with Gasteiger partial charge in [-0.25, -0.2) is 15.0 Å². The number of thioether (sulfide) groups is 1. The number of aromatic nitrogens is 3. The Bertz CT molecular complexity index is 1300. The highest BCUT2D eigenvalue weighted by atomic mass is 32.2. The quantitative estimate of drug-likeness (QED) is 0.458. The number of rotatable bonds is 6. The average Bonchev–Trinajstić information content (AvgIpc) is 3.63. The molecule has 9 heteroatoms. The number of benzene rings is 1. The smallest absolute Gasteiger partial charge is 0.253 e. The Hall–Kier alpha value is -2.52. The molecule has 2 amide bonds. The van der Waals surface area contributed by atoms with Crippen LogP contribution in [0.25, 0.3) is 10.2 Å². The molecule has 2 saturated heterocycles. The molecule has 4 heterocycles. The van der Waals surface area contributed by atoms with E-state index < -0.39 is 0 Å². The molecule has 3 fully saturated rings. The molecule has 1 aromatic carbocycles. The van der Waals surface area contributed by atoms with Crippen LogP contribution in [0.4, 0.5) is 0 Å². The predicted octanol–water partition coefficient (Wildman–Crippen LogP) is 4.75. The fraction of sp³-hybridized carbons (Fsp3) is 0.536. The van der Waals surface area contributed by atoms with E-state index in [9.17, 15) is 9.59 Å². The first-order valence-electron chi connectivity index (χ1n) is 13.3. The lowest BCUT2D eigenvalue weighted by Gasteiger charge is -2.38. The third kappa shape index (κ3) is 5.39. The zero-order chi connectivity index (χ0) is 25.4. The molecule has 2 aliphatic heterocycles. The van der Waals surface area contributed by atoms with Gasteiger partial charge in [0.2, 0.25) is 5.91 Å². The van der Waals surface area contributed by atoms with Crippen LogP contribution < -0.4 is 5.32 Å². The van der Waals surface area contributed by atoms with Crippen molar-refractivity contribution in [2.75, 3.05) is 25.9 Å². The number of hydrogen-bond donors (Lipinski definition) is 1. The van der Waals surface area contributed by atoms with Gasteiger partial charge in [0.25, 0.3) is 5.91 Å². The third-order valence-electron chi connectivity index (χ3n) is 8.49. The van der Waals surface area contributed by atoms with Crippen molar-refractivity contribution in [1.29, 1.82) is 0 Å². The highest BCUT2D eigenvalue weighted by Crippen LogP contribution is 2.38. The Morgan fingerprint density at radius 3 is 2.62 bits per heavy atom. The van der Waals surface area contributed by atoms with Crippen LogP contribution in [0.2, 0.25) is 0 Å². The van der Waals surface area contributed by atoms with Crippen LogP contribution in [0, 0.1) is 17.3 Å². The van der Waals surface area contributed by atoms with E-state index in [0.29, 0.717) is 36.9 Å². The molecule has 6 rings (SSSR count). The van der Waals surface area contributed by atoms with Gasteiger partial charge in [-0.2, -0.15) is 0 Å². The van der Waals surface area contributed by atoms with Crippen LogP contribution in [0.5, 0.6) is 0 Å². The van der Waals surface area contributed by atoms with Crippen LogP contribution in [0.15, 0.2) is 35.5 Å². The molecule has 1 saturated carbocycles. The zero-order valence-electron chi connectivity index (χ0n) is 21.2. The van der Waals surface area contributed by atoms with Crippen molar-refractivity contribution in [2.24, 2.45) is 17.3 Å². The van der Waals surface area contributed by atoms with Crippen molar-refractivity contribution in [3.63, 3.8) is 0 Å². The molecule has 1 aliphatic carbocycles. The summed E-state index contributed by atoms with van der Waals surface area (Å²) in [6.45, 7) is 2.18. The van der Waals surface area contributed by atoms with E-state index in [1.165, 1.54) is 24.3 Å². The van der Waals surface area contributed by atoms with Crippen molar-refractivity contribution >= 4 is 45.1 Å². The van der Waals surface area contributed by atoms with Crippen LogP contribution in [-0.2, 0) is 17.6 Å². The molecule has 194 valence electrons. The summed E-state index contributed by atoms with van der Waals surface area (Å²) >= 11 is 3.43. The number of nitrogens with one attached hydrogen (secondary N) is 1. The van der Waals surface area contributed by atoms with Gasteiger partial charge in [-0.1, -0.05) is 0 Å². The lowest BCUT2D eigenvalue weighted by Crippen LogP contribution is -2.44. The van der Waals surface area contributed by atoms with Gasteiger partial charge in [-0.3, -0.25) is 9.59 Å². The first kappa shape index (κ1) is 24.8. The van der Waals surface area contributed by atoms with E-state index in [1.807, 2.05) is 35.7 Å². The first-order chi connectivity index (χ1) is 18.0. The SMILES string of the molecule is CSc1cnc(C[C@H]2CC[C@H](Cc3nc4cc(C(=O)N5CCC6(CC5)CNC(=O)C6)ccc4s3)C2)nc1. The molecule has 37 heavy (non-hydrogen) atoms. The molecule has 0 bridgehead atoms. The molecule has 2 aromatic heterocycles. The van der Waals surface area contributed by atoms with Gasteiger partial charge in [0.05, 0.1) is 15.2 Å². The summed E-state index contributed by atoms with van der Waals surface area (Å²) < 4.78 is 1.15. The van der Waals surface area contributed by atoms with Crippen molar-refractivity contribution in [2.45, 2.75) is 56.3 Å². The summed E-state index contributed by atoms with van der Waals surface area (Å²) in [5.41, 5.74) is 1.70. The van der Waals surface area contributed by atoms with E-state index in [2.05, 4.69) is 21.4 Å². The van der Waals surface area contributed by atoms with Gasteiger partial charge >= 0.3 is 0 Å². The second-order valence-electron chi connectivity index (χ2n) is 11.0. The first-order valence-corrected chi connectivity index (χ1v) is 15.3. The van der Waals surface area contributed by atoms with Gasteiger partial charge in [0, 0.05) is 61.7 Å². The van der Waals surface area contributed by atoms with Crippen molar-refractivity contribution < 1.29 is 9.59 Å². The van der Waals surface area contributed by atoms with Gasteiger partial charge in [-0.15, -0.1) is 23.1 Å². The highest BCUT2D eigenvalue weighted by molar-refractivity contribution is 7.98. The van der Waals surface area contributed by atoms with E-state index in [1.54, 1.807) is 23.1 Å². The van der Waals surface area contributed by atoms with Crippen LogP contribution in [0.3, 0.4) is 0 Å². The molecular formula is C28H33N5O2S2. The second kappa shape index (κ2) is 10.3. The monoisotopic (exact) mass is 535 g/mol. The summed E-state index contributed by atoms with van der Waals surface area (Å²) in [7, 11) is 0. The minimum Gasteiger partial charge on any atom is -0.356 e.